The average Bonchev–Trinajstić information content (AvgIpc) is 2.37. The number of likely N-dealkylation sites (N-methyl/N-ethyl adjacent to an activating group) is 1. The number of nitrogens with zero attached hydrogens (tertiary/aromatic N) is 1. The number of halogens is 3. The Hall–Kier alpha value is -1.56. The first-order valence-corrected chi connectivity index (χ1v) is 6.37. The van der Waals surface area contributed by atoms with Crippen LogP contribution in [0.2, 0.25) is 0 Å². The van der Waals surface area contributed by atoms with Gasteiger partial charge in [-0.3, -0.25) is 4.79 Å². The fraction of sp³-hybridized carbons (Fsp3) is 0.500. The highest BCUT2D eigenvalue weighted by Gasteiger charge is 2.35. The van der Waals surface area contributed by atoms with E-state index in [0.29, 0.717) is 25.1 Å². The third-order valence-electron chi connectivity index (χ3n) is 3.80. The number of likely N-dealkylation sites (tertiary alicyclic amines) is 1. The van der Waals surface area contributed by atoms with Crippen molar-refractivity contribution < 1.29 is 23.1 Å². The minimum Gasteiger partial charge on any atom is -0.481 e. The molecule has 0 aromatic heterocycles. The minimum atomic E-state index is -4.37. The molecule has 20 heavy (non-hydrogen) atoms. The molecule has 1 saturated heterocycles. The number of hydrogen-bond donors (Lipinski definition) is 1. The number of carbonyl (C=O) groups is 1. The molecular formula is C14H16F3NO2. The smallest absolute Gasteiger partial charge is 0.416 e. The Kier molecular flexibility index (Phi) is 4.04. The summed E-state index contributed by atoms with van der Waals surface area (Å²) in [5.41, 5.74) is -0.0609. The van der Waals surface area contributed by atoms with Gasteiger partial charge in [0.1, 0.15) is 0 Å². The lowest BCUT2D eigenvalue weighted by molar-refractivity contribution is -0.144. The number of rotatable bonds is 2. The molecule has 2 rings (SSSR count). The van der Waals surface area contributed by atoms with Gasteiger partial charge in [-0.2, -0.15) is 13.2 Å². The topological polar surface area (TPSA) is 40.5 Å². The second kappa shape index (κ2) is 5.44. The summed E-state index contributed by atoms with van der Waals surface area (Å²) in [6.07, 6.45) is -3.86. The summed E-state index contributed by atoms with van der Waals surface area (Å²) in [6.45, 7) is 1.23. The number of carboxylic acids is 1. The second-order valence-electron chi connectivity index (χ2n) is 5.22. The molecule has 1 N–H and O–H groups in total. The number of carboxylic acid groups (broad SMARTS) is 1. The van der Waals surface area contributed by atoms with Gasteiger partial charge in [0.05, 0.1) is 11.5 Å². The molecule has 3 nitrogen and oxygen atoms in total. The molecule has 0 bridgehead atoms. The summed E-state index contributed by atoms with van der Waals surface area (Å²) in [5, 5.41) is 9.24. The predicted octanol–water partition coefficient (Wildman–Crippen LogP) is 2.83. The van der Waals surface area contributed by atoms with E-state index in [1.54, 1.807) is 0 Å². The summed E-state index contributed by atoms with van der Waals surface area (Å²) >= 11 is 0. The number of alkyl halides is 3. The van der Waals surface area contributed by atoms with E-state index in [9.17, 15) is 23.1 Å². The van der Waals surface area contributed by atoms with Gasteiger partial charge in [0.15, 0.2) is 0 Å². The monoisotopic (exact) mass is 287 g/mol. The fourth-order valence-electron chi connectivity index (χ4n) is 2.67. The lowest BCUT2D eigenvalue weighted by atomic mass is 9.80. The highest BCUT2D eigenvalue weighted by molar-refractivity contribution is 5.71. The molecule has 0 amide bonds. The number of piperidine rings is 1. The van der Waals surface area contributed by atoms with Crippen molar-refractivity contribution >= 4 is 5.97 Å². The van der Waals surface area contributed by atoms with Gasteiger partial charge in [-0.15, -0.1) is 0 Å². The molecule has 2 unspecified atom stereocenters. The molecule has 0 saturated carbocycles. The molecule has 110 valence electrons. The van der Waals surface area contributed by atoms with Crippen LogP contribution in [0.4, 0.5) is 13.2 Å². The van der Waals surface area contributed by atoms with Crippen LogP contribution in [0, 0.1) is 5.92 Å². The summed E-state index contributed by atoms with van der Waals surface area (Å²) in [4.78, 5) is 13.3. The maximum Gasteiger partial charge on any atom is 0.416 e. The molecule has 0 spiro atoms. The van der Waals surface area contributed by atoms with Gasteiger partial charge >= 0.3 is 12.1 Å². The highest BCUT2D eigenvalue weighted by Crippen LogP contribution is 2.34. The van der Waals surface area contributed by atoms with Gasteiger partial charge < -0.3 is 10.0 Å². The Bertz CT molecular complexity index is 484. The lowest BCUT2D eigenvalue weighted by Crippen LogP contribution is -2.39. The predicted molar refractivity (Wildman–Crippen MR) is 67.4 cm³/mol. The Labute approximate surface area is 115 Å². The second-order valence-corrected chi connectivity index (χ2v) is 5.22. The molecule has 0 aliphatic carbocycles. The Balaban J connectivity index is 2.26. The van der Waals surface area contributed by atoms with Crippen molar-refractivity contribution in [2.75, 3.05) is 20.1 Å². The van der Waals surface area contributed by atoms with Gasteiger partial charge in [-0.25, -0.2) is 0 Å². The molecule has 1 fully saturated rings. The summed E-state index contributed by atoms with van der Waals surface area (Å²) < 4.78 is 37.6. The first-order chi connectivity index (χ1) is 9.29. The van der Waals surface area contributed by atoms with E-state index in [0.717, 1.165) is 12.1 Å². The molecule has 1 heterocycles. The van der Waals surface area contributed by atoms with Crippen LogP contribution >= 0.6 is 0 Å². The van der Waals surface area contributed by atoms with E-state index < -0.39 is 23.6 Å². The third-order valence-corrected chi connectivity index (χ3v) is 3.80. The van der Waals surface area contributed by atoms with Gasteiger partial charge in [0.2, 0.25) is 0 Å². The van der Waals surface area contributed by atoms with Crippen molar-refractivity contribution in [2.24, 2.45) is 5.92 Å². The normalized spacial score (nSPS) is 24.6. The zero-order valence-electron chi connectivity index (χ0n) is 11.0. The number of benzene rings is 1. The van der Waals surface area contributed by atoms with Gasteiger partial charge in [-0.1, -0.05) is 12.1 Å². The van der Waals surface area contributed by atoms with Gasteiger partial charge in [0, 0.05) is 12.5 Å². The number of aliphatic carboxylic acids is 1. The largest absolute Gasteiger partial charge is 0.481 e. The van der Waals surface area contributed by atoms with Crippen LogP contribution in [-0.4, -0.2) is 36.1 Å². The lowest BCUT2D eigenvalue weighted by Gasteiger charge is -2.34. The first kappa shape index (κ1) is 14.8. The van der Waals surface area contributed by atoms with Crippen molar-refractivity contribution in [2.45, 2.75) is 18.5 Å². The van der Waals surface area contributed by atoms with Crippen LogP contribution in [0.15, 0.2) is 24.3 Å². The van der Waals surface area contributed by atoms with Crippen LogP contribution < -0.4 is 0 Å². The zero-order valence-corrected chi connectivity index (χ0v) is 11.0. The molecule has 1 aromatic rings. The van der Waals surface area contributed by atoms with Gasteiger partial charge in [0.25, 0.3) is 0 Å². The summed E-state index contributed by atoms with van der Waals surface area (Å²) in [7, 11) is 1.88. The van der Waals surface area contributed by atoms with E-state index in [-0.39, 0.29) is 5.92 Å². The molecule has 1 aliphatic rings. The van der Waals surface area contributed by atoms with E-state index in [2.05, 4.69) is 0 Å². The van der Waals surface area contributed by atoms with E-state index in [4.69, 9.17) is 0 Å². The van der Waals surface area contributed by atoms with E-state index in [1.165, 1.54) is 12.1 Å². The number of hydrogen-bond acceptors (Lipinski definition) is 2. The van der Waals surface area contributed by atoms with Crippen LogP contribution in [0.3, 0.4) is 0 Å². The van der Waals surface area contributed by atoms with Gasteiger partial charge in [-0.05, 0) is 37.7 Å². The first-order valence-electron chi connectivity index (χ1n) is 6.37. The van der Waals surface area contributed by atoms with E-state index in [1.807, 2.05) is 11.9 Å². The maximum absolute atomic E-state index is 12.5. The molecule has 2 atom stereocenters. The molecular weight excluding hydrogens is 271 g/mol. The molecule has 1 aromatic carbocycles. The zero-order chi connectivity index (χ0) is 14.9. The van der Waals surface area contributed by atoms with Crippen molar-refractivity contribution in [3.05, 3.63) is 35.4 Å². The third kappa shape index (κ3) is 3.12. The van der Waals surface area contributed by atoms with Crippen molar-refractivity contribution in [1.29, 1.82) is 0 Å². The van der Waals surface area contributed by atoms with Crippen LogP contribution in [-0.2, 0) is 11.0 Å². The Morgan fingerprint density at radius 2 is 1.90 bits per heavy atom. The SMILES string of the molecule is CN1CCC(C(=O)O)C(c2ccc(C(F)(F)F)cc2)C1. The van der Waals surface area contributed by atoms with Crippen LogP contribution in [0.5, 0.6) is 0 Å². The highest BCUT2D eigenvalue weighted by atomic mass is 19.4. The molecule has 1 aliphatic heterocycles. The summed E-state index contributed by atoms with van der Waals surface area (Å²) in [5.74, 6) is -1.69. The van der Waals surface area contributed by atoms with Crippen LogP contribution in [0.25, 0.3) is 0 Å². The minimum absolute atomic E-state index is 0.270. The van der Waals surface area contributed by atoms with Crippen molar-refractivity contribution in [3.63, 3.8) is 0 Å². The quantitative estimate of drug-likeness (QED) is 0.909. The maximum atomic E-state index is 12.5. The average molecular weight is 287 g/mol. The van der Waals surface area contributed by atoms with Crippen LogP contribution in [0.1, 0.15) is 23.5 Å². The molecule has 6 heteroatoms. The van der Waals surface area contributed by atoms with E-state index >= 15 is 0 Å². The fourth-order valence-corrected chi connectivity index (χ4v) is 2.67. The van der Waals surface area contributed by atoms with Crippen molar-refractivity contribution in [1.82, 2.24) is 4.90 Å². The standard InChI is InChI=1S/C14H16F3NO2/c1-18-7-6-11(13(19)20)12(8-18)9-2-4-10(5-3-9)14(15,16)17/h2-5,11-12H,6-8H2,1H3,(H,19,20). The summed E-state index contributed by atoms with van der Waals surface area (Å²) in [6, 6.07) is 4.82. The molecule has 0 radical (unpaired) electrons. The Morgan fingerprint density at radius 3 is 2.40 bits per heavy atom. The Morgan fingerprint density at radius 1 is 1.30 bits per heavy atom. The van der Waals surface area contributed by atoms with Crippen molar-refractivity contribution in [3.8, 4) is 0 Å².